The van der Waals surface area contributed by atoms with Gasteiger partial charge in [0.25, 0.3) is 0 Å². The van der Waals surface area contributed by atoms with Gasteiger partial charge in [0.15, 0.2) is 0 Å². The number of hydrogen-bond donors (Lipinski definition) is 1. The minimum absolute atomic E-state index is 0.0247. The lowest BCUT2D eigenvalue weighted by molar-refractivity contribution is -0.137. The van der Waals surface area contributed by atoms with Crippen LogP contribution in [0.15, 0.2) is 42.5 Å². The Morgan fingerprint density at radius 2 is 1.79 bits per heavy atom. The number of nitrogen functional groups attached to an aromatic ring is 1. The Hall–Kier alpha value is -3.52. The zero-order valence-electron chi connectivity index (χ0n) is 19.7. The molecular formula is C26H30N6O2. The number of anilines is 2. The number of rotatable bonds is 4. The predicted molar refractivity (Wildman–Crippen MR) is 132 cm³/mol. The molecule has 176 valence electrons. The zero-order valence-corrected chi connectivity index (χ0v) is 19.7. The van der Waals surface area contributed by atoms with E-state index in [1.54, 1.807) is 4.90 Å². The van der Waals surface area contributed by atoms with Gasteiger partial charge in [-0.25, -0.2) is 9.97 Å². The second-order valence-electron chi connectivity index (χ2n) is 9.27. The number of hydrogen-bond acceptors (Lipinski definition) is 6. The average Bonchev–Trinajstić information content (AvgIpc) is 3.22. The summed E-state index contributed by atoms with van der Waals surface area (Å²) in [4.78, 5) is 41.0. The SMILES string of the molecule is Cc1cccc(N2CC(C(=O)N3CCN(Cc4nc(N)c5ccccc5n4)CC3)CC2=O)c1C. The smallest absolute Gasteiger partial charge is 0.228 e. The molecule has 1 unspecified atom stereocenters. The van der Waals surface area contributed by atoms with Gasteiger partial charge in [-0.1, -0.05) is 24.3 Å². The average molecular weight is 459 g/mol. The van der Waals surface area contributed by atoms with Crippen molar-refractivity contribution in [2.24, 2.45) is 5.92 Å². The van der Waals surface area contributed by atoms with Gasteiger partial charge in [-0.2, -0.15) is 0 Å². The van der Waals surface area contributed by atoms with Crippen molar-refractivity contribution in [2.75, 3.05) is 43.4 Å². The van der Waals surface area contributed by atoms with Gasteiger partial charge < -0.3 is 15.5 Å². The molecule has 3 heterocycles. The molecule has 0 aliphatic carbocycles. The van der Waals surface area contributed by atoms with Crippen LogP contribution in [0, 0.1) is 19.8 Å². The Bertz CT molecular complexity index is 1250. The van der Waals surface area contributed by atoms with Crippen molar-refractivity contribution in [1.29, 1.82) is 0 Å². The Morgan fingerprint density at radius 1 is 1.03 bits per heavy atom. The first kappa shape index (κ1) is 22.3. The molecule has 2 fully saturated rings. The van der Waals surface area contributed by atoms with E-state index < -0.39 is 0 Å². The minimum atomic E-state index is -0.289. The van der Waals surface area contributed by atoms with Crippen molar-refractivity contribution >= 4 is 34.2 Å². The van der Waals surface area contributed by atoms with Crippen LogP contribution in [-0.2, 0) is 16.1 Å². The molecule has 2 N–H and O–H groups in total. The molecule has 5 rings (SSSR count). The second kappa shape index (κ2) is 9.02. The van der Waals surface area contributed by atoms with E-state index in [9.17, 15) is 9.59 Å². The van der Waals surface area contributed by atoms with Crippen LogP contribution in [0.5, 0.6) is 0 Å². The molecule has 8 nitrogen and oxygen atoms in total. The molecule has 0 radical (unpaired) electrons. The fraction of sp³-hybridized carbons (Fsp3) is 0.385. The number of para-hydroxylation sites is 1. The quantitative estimate of drug-likeness (QED) is 0.646. The molecular weight excluding hydrogens is 428 g/mol. The molecule has 1 atom stereocenters. The van der Waals surface area contributed by atoms with Crippen LogP contribution in [-0.4, -0.2) is 64.3 Å². The third-order valence-electron chi connectivity index (χ3n) is 7.07. The second-order valence-corrected chi connectivity index (χ2v) is 9.27. The molecule has 2 aromatic carbocycles. The van der Waals surface area contributed by atoms with Gasteiger partial charge in [0, 0.05) is 50.2 Å². The lowest BCUT2D eigenvalue weighted by atomic mass is 10.1. The van der Waals surface area contributed by atoms with Crippen LogP contribution in [0.25, 0.3) is 10.9 Å². The normalized spacial score (nSPS) is 19.2. The number of nitrogens with zero attached hydrogens (tertiary/aromatic N) is 5. The van der Waals surface area contributed by atoms with Crippen molar-refractivity contribution < 1.29 is 9.59 Å². The van der Waals surface area contributed by atoms with Crippen LogP contribution in [0.1, 0.15) is 23.4 Å². The number of amides is 2. The Morgan fingerprint density at radius 3 is 2.59 bits per heavy atom. The molecule has 2 aliphatic rings. The highest BCUT2D eigenvalue weighted by molar-refractivity contribution is 6.01. The van der Waals surface area contributed by atoms with Gasteiger partial charge in [-0.05, 0) is 43.2 Å². The summed E-state index contributed by atoms with van der Waals surface area (Å²) in [6.45, 7) is 7.86. The standard InChI is InChI=1S/C26H30N6O2/c1-17-6-5-9-22(18(17)2)32-15-19(14-24(32)33)26(34)31-12-10-30(11-13-31)16-23-28-21-8-4-3-7-20(21)25(27)29-23/h3-9,19H,10-16H2,1-2H3,(H2,27,28,29). The zero-order chi connectivity index (χ0) is 23.8. The third kappa shape index (κ3) is 4.21. The summed E-state index contributed by atoms with van der Waals surface area (Å²) in [6, 6.07) is 13.7. The van der Waals surface area contributed by atoms with E-state index in [1.807, 2.05) is 61.2 Å². The van der Waals surface area contributed by atoms with E-state index >= 15 is 0 Å². The molecule has 0 spiro atoms. The number of benzene rings is 2. The van der Waals surface area contributed by atoms with Crippen molar-refractivity contribution in [2.45, 2.75) is 26.8 Å². The number of fused-ring (bicyclic) bond motifs is 1. The molecule has 3 aromatic rings. The molecule has 1 aromatic heterocycles. The Kier molecular flexibility index (Phi) is 5.91. The lowest BCUT2D eigenvalue weighted by Gasteiger charge is -2.35. The lowest BCUT2D eigenvalue weighted by Crippen LogP contribution is -2.50. The number of carbonyl (C=O) groups is 2. The van der Waals surface area contributed by atoms with Gasteiger partial charge in [-0.15, -0.1) is 0 Å². The molecule has 0 bridgehead atoms. The highest BCUT2D eigenvalue weighted by Gasteiger charge is 2.38. The summed E-state index contributed by atoms with van der Waals surface area (Å²) in [5, 5.41) is 0.864. The molecule has 0 saturated carbocycles. The maximum atomic E-state index is 13.2. The maximum Gasteiger partial charge on any atom is 0.228 e. The monoisotopic (exact) mass is 458 g/mol. The number of aryl methyl sites for hydroxylation is 1. The van der Waals surface area contributed by atoms with Gasteiger partial charge >= 0.3 is 0 Å². The van der Waals surface area contributed by atoms with E-state index in [-0.39, 0.29) is 24.2 Å². The summed E-state index contributed by atoms with van der Waals surface area (Å²) in [5.74, 6) is 1.00. The molecule has 8 heteroatoms. The maximum absolute atomic E-state index is 13.2. The highest BCUT2D eigenvalue weighted by atomic mass is 16.2. The van der Waals surface area contributed by atoms with Crippen LogP contribution in [0.3, 0.4) is 0 Å². The van der Waals surface area contributed by atoms with Crippen molar-refractivity contribution in [3.63, 3.8) is 0 Å². The summed E-state index contributed by atoms with van der Waals surface area (Å²) < 4.78 is 0. The summed E-state index contributed by atoms with van der Waals surface area (Å²) in [5.41, 5.74) is 10.1. The first-order valence-corrected chi connectivity index (χ1v) is 11.8. The van der Waals surface area contributed by atoms with Crippen molar-refractivity contribution in [3.8, 4) is 0 Å². The predicted octanol–water partition coefficient (Wildman–Crippen LogP) is 2.53. The van der Waals surface area contributed by atoms with Gasteiger partial charge in [0.05, 0.1) is 18.0 Å². The third-order valence-corrected chi connectivity index (χ3v) is 7.07. The summed E-state index contributed by atoms with van der Waals surface area (Å²) in [6.07, 6.45) is 0.274. The van der Waals surface area contributed by atoms with E-state index in [2.05, 4.69) is 14.9 Å². The Labute approximate surface area is 199 Å². The fourth-order valence-corrected chi connectivity index (χ4v) is 4.94. The summed E-state index contributed by atoms with van der Waals surface area (Å²) in [7, 11) is 0. The fourth-order valence-electron chi connectivity index (χ4n) is 4.94. The highest BCUT2D eigenvalue weighted by Crippen LogP contribution is 2.30. The van der Waals surface area contributed by atoms with E-state index in [4.69, 9.17) is 5.73 Å². The van der Waals surface area contributed by atoms with Gasteiger partial charge in [0.2, 0.25) is 11.8 Å². The van der Waals surface area contributed by atoms with Crippen LogP contribution in [0.2, 0.25) is 0 Å². The number of piperazine rings is 1. The minimum Gasteiger partial charge on any atom is -0.383 e. The molecule has 2 saturated heterocycles. The number of carbonyl (C=O) groups excluding carboxylic acids is 2. The van der Waals surface area contributed by atoms with Gasteiger partial charge in [-0.3, -0.25) is 14.5 Å². The Balaban J connectivity index is 1.19. The molecule has 2 aliphatic heterocycles. The van der Waals surface area contributed by atoms with Crippen LogP contribution in [0.4, 0.5) is 11.5 Å². The number of aromatic nitrogens is 2. The first-order valence-electron chi connectivity index (χ1n) is 11.8. The van der Waals surface area contributed by atoms with Crippen LogP contribution >= 0.6 is 0 Å². The van der Waals surface area contributed by atoms with Gasteiger partial charge in [0.1, 0.15) is 11.6 Å². The molecule has 34 heavy (non-hydrogen) atoms. The van der Waals surface area contributed by atoms with Crippen LogP contribution < -0.4 is 10.6 Å². The van der Waals surface area contributed by atoms with Crippen molar-refractivity contribution in [1.82, 2.24) is 19.8 Å². The van der Waals surface area contributed by atoms with E-state index in [0.717, 1.165) is 40.8 Å². The topological polar surface area (TPSA) is 95.7 Å². The summed E-state index contributed by atoms with van der Waals surface area (Å²) >= 11 is 0. The van der Waals surface area contributed by atoms with Crippen molar-refractivity contribution in [3.05, 3.63) is 59.4 Å². The number of nitrogens with two attached hydrogens (primary N) is 1. The van der Waals surface area contributed by atoms with E-state index in [1.165, 1.54) is 0 Å². The largest absolute Gasteiger partial charge is 0.383 e. The first-order chi connectivity index (χ1) is 16.4. The molecule has 2 amide bonds. The van der Waals surface area contributed by atoms with E-state index in [0.29, 0.717) is 37.8 Å².